The van der Waals surface area contributed by atoms with E-state index in [2.05, 4.69) is 217 Å². The fraction of sp³-hybridized carbons (Fsp3) is 0.0588. The van der Waals surface area contributed by atoms with Gasteiger partial charge in [-0.05, 0) is 81.9 Å². The third kappa shape index (κ3) is 4.87. The first kappa shape index (κ1) is 31.1. The Kier molecular flexibility index (Phi) is 7.19. The number of nitrogens with zero attached hydrogens (tertiary/aromatic N) is 2. The molecular weight excluding hydrogens is 641 g/mol. The van der Waals surface area contributed by atoms with Gasteiger partial charge in [-0.1, -0.05) is 159 Å². The molecule has 8 aromatic carbocycles. The van der Waals surface area contributed by atoms with Gasteiger partial charge in [0.1, 0.15) is 0 Å². The lowest BCUT2D eigenvalue weighted by molar-refractivity contribution is 0.660. The van der Waals surface area contributed by atoms with E-state index in [0.717, 1.165) is 17.1 Å². The van der Waals surface area contributed by atoms with Gasteiger partial charge in [-0.15, -0.1) is 0 Å². The predicted octanol–water partition coefficient (Wildman–Crippen LogP) is 13.9. The van der Waals surface area contributed by atoms with Crippen molar-refractivity contribution in [3.8, 4) is 39.1 Å². The second-order valence-electron chi connectivity index (χ2n) is 14.5. The Morgan fingerprint density at radius 3 is 1.66 bits per heavy atom. The highest BCUT2D eigenvalue weighted by molar-refractivity contribution is 6.09. The number of fused-ring (bicyclic) bond motifs is 6. The molecule has 1 aliphatic carbocycles. The summed E-state index contributed by atoms with van der Waals surface area (Å²) in [4.78, 5) is 2.41. The van der Waals surface area contributed by atoms with Crippen LogP contribution in [0.25, 0.3) is 60.9 Å². The summed E-state index contributed by atoms with van der Waals surface area (Å²) in [5.74, 6) is 0. The molecule has 0 amide bonds. The molecule has 0 N–H and O–H groups in total. The van der Waals surface area contributed by atoms with Crippen molar-refractivity contribution >= 4 is 38.9 Å². The Hall–Kier alpha value is -6.64. The van der Waals surface area contributed by atoms with Crippen LogP contribution in [0, 0.1) is 0 Å². The first-order chi connectivity index (χ1) is 26.1. The second-order valence-corrected chi connectivity index (χ2v) is 14.5. The summed E-state index contributed by atoms with van der Waals surface area (Å²) in [6.07, 6.45) is 0. The van der Waals surface area contributed by atoms with Crippen LogP contribution in [0.3, 0.4) is 0 Å². The molecule has 0 radical (unpaired) electrons. The van der Waals surface area contributed by atoms with Crippen molar-refractivity contribution in [2.75, 3.05) is 4.90 Å². The number of hydrogen-bond acceptors (Lipinski definition) is 1. The molecule has 0 atom stereocenters. The van der Waals surface area contributed by atoms with E-state index in [1.54, 1.807) is 0 Å². The van der Waals surface area contributed by atoms with Crippen molar-refractivity contribution in [1.29, 1.82) is 0 Å². The lowest BCUT2D eigenvalue weighted by Gasteiger charge is -2.29. The van der Waals surface area contributed by atoms with Gasteiger partial charge < -0.3 is 9.47 Å². The zero-order chi connectivity index (χ0) is 35.5. The summed E-state index contributed by atoms with van der Waals surface area (Å²) in [6.45, 7) is 4.70. The molecule has 0 aliphatic heterocycles. The van der Waals surface area contributed by atoms with E-state index >= 15 is 0 Å². The van der Waals surface area contributed by atoms with E-state index in [1.165, 1.54) is 72.0 Å². The molecule has 2 nitrogen and oxygen atoms in total. The van der Waals surface area contributed by atoms with Gasteiger partial charge in [-0.25, -0.2) is 0 Å². The van der Waals surface area contributed by atoms with Crippen molar-refractivity contribution in [3.63, 3.8) is 0 Å². The molecule has 0 saturated heterocycles. The first-order valence-electron chi connectivity index (χ1n) is 18.5. The fourth-order valence-corrected chi connectivity index (χ4v) is 8.76. The van der Waals surface area contributed by atoms with Crippen molar-refractivity contribution in [1.82, 2.24) is 4.57 Å². The molecule has 0 fully saturated rings. The van der Waals surface area contributed by atoms with E-state index in [0.29, 0.717) is 0 Å². The molecule has 0 spiro atoms. The van der Waals surface area contributed by atoms with Gasteiger partial charge in [-0.2, -0.15) is 0 Å². The summed E-state index contributed by atoms with van der Waals surface area (Å²) in [5.41, 5.74) is 17.2. The molecule has 0 unspecified atom stereocenters. The van der Waals surface area contributed by atoms with Crippen LogP contribution in [-0.4, -0.2) is 4.57 Å². The standard InChI is InChI=1S/C51H38N2/c1-51(2)44-25-11-6-23-43(44)50-42(24-16-26-45(50)51)41-22-10-13-28-47(41)52(36-17-4-3-5-18-36)37-33-31-35(32-34-37)38-19-7-12-27-46(38)53-48-29-14-8-20-39(48)40-21-9-15-30-49(40)53/h3-34H,1-2H3. The fourth-order valence-electron chi connectivity index (χ4n) is 8.76. The summed E-state index contributed by atoms with van der Waals surface area (Å²) in [7, 11) is 0. The predicted molar refractivity (Wildman–Crippen MR) is 224 cm³/mol. The molecule has 1 aromatic heterocycles. The Labute approximate surface area is 310 Å². The molecule has 10 rings (SSSR count). The second kappa shape index (κ2) is 12.3. The van der Waals surface area contributed by atoms with Gasteiger partial charge in [0, 0.05) is 38.7 Å². The highest BCUT2D eigenvalue weighted by atomic mass is 15.1. The number of rotatable bonds is 6. The van der Waals surface area contributed by atoms with Crippen LogP contribution in [0.15, 0.2) is 194 Å². The van der Waals surface area contributed by atoms with E-state index < -0.39 is 0 Å². The Bertz CT molecular complexity index is 2750. The summed E-state index contributed by atoms with van der Waals surface area (Å²) in [6, 6.07) is 70.7. The molecule has 252 valence electrons. The van der Waals surface area contributed by atoms with Crippen LogP contribution in [0.2, 0.25) is 0 Å². The maximum atomic E-state index is 2.41. The molecule has 9 aromatic rings. The van der Waals surface area contributed by atoms with Gasteiger partial charge in [-0.3, -0.25) is 0 Å². The van der Waals surface area contributed by atoms with E-state index in [-0.39, 0.29) is 5.41 Å². The van der Waals surface area contributed by atoms with Gasteiger partial charge in [0.15, 0.2) is 0 Å². The maximum Gasteiger partial charge on any atom is 0.0541 e. The van der Waals surface area contributed by atoms with Crippen molar-refractivity contribution < 1.29 is 0 Å². The van der Waals surface area contributed by atoms with Crippen LogP contribution >= 0.6 is 0 Å². The Balaban J connectivity index is 1.12. The van der Waals surface area contributed by atoms with E-state index in [1.807, 2.05) is 0 Å². The van der Waals surface area contributed by atoms with E-state index in [4.69, 9.17) is 0 Å². The average molecular weight is 679 g/mol. The number of aromatic nitrogens is 1. The third-order valence-electron chi connectivity index (χ3n) is 11.2. The first-order valence-corrected chi connectivity index (χ1v) is 18.5. The van der Waals surface area contributed by atoms with Crippen molar-refractivity contribution in [2.45, 2.75) is 19.3 Å². The van der Waals surface area contributed by atoms with Gasteiger partial charge in [0.25, 0.3) is 0 Å². The van der Waals surface area contributed by atoms with Crippen molar-refractivity contribution in [3.05, 3.63) is 205 Å². The summed E-state index contributed by atoms with van der Waals surface area (Å²) >= 11 is 0. The molecule has 0 bridgehead atoms. The minimum Gasteiger partial charge on any atom is -0.310 e. The SMILES string of the molecule is CC1(C)c2ccccc2-c2c(-c3ccccc3N(c3ccccc3)c3ccc(-c4ccccc4-n4c5ccccc5c5ccccc54)cc3)cccc21. The van der Waals surface area contributed by atoms with Gasteiger partial charge in [0.05, 0.1) is 22.4 Å². The molecule has 53 heavy (non-hydrogen) atoms. The lowest BCUT2D eigenvalue weighted by Crippen LogP contribution is -2.14. The smallest absolute Gasteiger partial charge is 0.0541 e. The van der Waals surface area contributed by atoms with Crippen LogP contribution < -0.4 is 4.90 Å². The van der Waals surface area contributed by atoms with Crippen LogP contribution in [0.4, 0.5) is 17.1 Å². The monoisotopic (exact) mass is 678 g/mol. The van der Waals surface area contributed by atoms with Crippen LogP contribution in [0.5, 0.6) is 0 Å². The molecule has 1 aliphatic rings. The lowest BCUT2D eigenvalue weighted by atomic mass is 9.82. The summed E-state index contributed by atoms with van der Waals surface area (Å²) < 4.78 is 2.41. The quantitative estimate of drug-likeness (QED) is 0.170. The highest BCUT2D eigenvalue weighted by Gasteiger charge is 2.37. The molecule has 0 saturated carbocycles. The third-order valence-corrected chi connectivity index (χ3v) is 11.2. The summed E-state index contributed by atoms with van der Waals surface area (Å²) in [5, 5.41) is 2.53. The number of hydrogen-bond donors (Lipinski definition) is 0. The van der Waals surface area contributed by atoms with Crippen LogP contribution in [0.1, 0.15) is 25.0 Å². The molecule has 2 heteroatoms. The molecule has 1 heterocycles. The Morgan fingerprint density at radius 1 is 0.396 bits per heavy atom. The zero-order valence-electron chi connectivity index (χ0n) is 29.9. The molecular formula is C51H38N2. The zero-order valence-corrected chi connectivity index (χ0v) is 29.9. The number of anilines is 3. The average Bonchev–Trinajstić information content (AvgIpc) is 3.67. The van der Waals surface area contributed by atoms with Crippen molar-refractivity contribution in [2.24, 2.45) is 0 Å². The van der Waals surface area contributed by atoms with Gasteiger partial charge >= 0.3 is 0 Å². The minimum atomic E-state index is -0.0681. The topological polar surface area (TPSA) is 8.17 Å². The number of para-hydroxylation sites is 5. The largest absolute Gasteiger partial charge is 0.310 e. The maximum absolute atomic E-state index is 2.41. The Morgan fingerprint density at radius 2 is 0.925 bits per heavy atom. The van der Waals surface area contributed by atoms with Crippen LogP contribution in [-0.2, 0) is 5.41 Å². The number of benzene rings is 8. The van der Waals surface area contributed by atoms with Gasteiger partial charge in [0.2, 0.25) is 0 Å². The highest BCUT2D eigenvalue weighted by Crippen LogP contribution is 2.53. The minimum absolute atomic E-state index is 0.0681. The van der Waals surface area contributed by atoms with E-state index in [9.17, 15) is 0 Å². The normalized spacial score (nSPS) is 12.9.